The lowest BCUT2D eigenvalue weighted by Gasteiger charge is -2.47. The summed E-state index contributed by atoms with van der Waals surface area (Å²) >= 11 is 0. The zero-order valence-corrected chi connectivity index (χ0v) is 7.61. The molecule has 1 aliphatic rings. The molecule has 0 nitrogen and oxygen atoms in total. The molecule has 0 aromatic heterocycles. The summed E-state index contributed by atoms with van der Waals surface area (Å²) in [5.74, 6) is 1.07. The van der Waals surface area contributed by atoms with E-state index in [-0.39, 0.29) is 0 Å². The van der Waals surface area contributed by atoms with Crippen LogP contribution in [0.3, 0.4) is 0 Å². The fraction of sp³-hybridized carbons (Fsp3) is 1.00. The molecule has 60 valence electrons. The summed E-state index contributed by atoms with van der Waals surface area (Å²) in [5.41, 5.74) is 0.778. The van der Waals surface area contributed by atoms with E-state index in [0.717, 1.165) is 11.3 Å². The molecule has 0 aliphatic heterocycles. The smallest absolute Gasteiger partial charge is 0.0297 e. The summed E-state index contributed by atoms with van der Waals surface area (Å²) in [7, 11) is 0. The van der Waals surface area contributed by atoms with Gasteiger partial charge in [-0.25, -0.2) is 0 Å². The molecular formula is C10H20. The van der Waals surface area contributed by atoms with Crippen LogP contribution in [0.4, 0.5) is 0 Å². The molecule has 0 atom stereocenters. The van der Waals surface area contributed by atoms with Crippen LogP contribution in [0.25, 0.3) is 0 Å². The van der Waals surface area contributed by atoms with Crippen LogP contribution < -0.4 is 0 Å². The third kappa shape index (κ3) is 1.21. The normalized spacial score (nSPS) is 24.3. The maximum atomic E-state index is 2.34. The first-order chi connectivity index (χ1) is 4.76. The Bertz CT molecular complexity index is 92.6. The van der Waals surface area contributed by atoms with Crippen LogP contribution in [0.15, 0.2) is 0 Å². The van der Waals surface area contributed by atoms with E-state index < -0.39 is 0 Å². The lowest BCUT2D eigenvalue weighted by molar-refractivity contribution is 0.0435. The Kier molecular flexibility index (Phi) is 2.38. The van der Waals surface area contributed by atoms with Gasteiger partial charge < -0.3 is 0 Å². The van der Waals surface area contributed by atoms with Crippen LogP contribution in [-0.2, 0) is 0 Å². The van der Waals surface area contributed by atoms with Gasteiger partial charge in [-0.15, -0.1) is 0 Å². The van der Waals surface area contributed by atoms with Crippen molar-refractivity contribution >= 4 is 0 Å². The van der Waals surface area contributed by atoms with Gasteiger partial charge in [-0.3, -0.25) is 0 Å². The van der Waals surface area contributed by atoms with Crippen molar-refractivity contribution < 1.29 is 0 Å². The molecule has 0 saturated heterocycles. The molecule has 0 aromatic carbocycles. The van der Waals surface area contributed by atoms with Crippen molar-refractivity contribution in [3.05, 3.63) is 0 Å². The van der Waals surface area contributed by atoms with E-state index in [1.54, 1.807) is 0 Å². The van der Waals surface area contributed by atoms with E-state index in [9.17, 15) is 0 Å². The van der Waals surface area contributed by atoms with Gasteiger partial charge in [0.15, 0.2) is 0 Å². The Labute approximate surface area is 65.0 Å². The quantitative estimate of drug-likeness (QED) is 0.561. The highest BCUT2D eigenvalue weighted by atomic mass is 14.4. The minimum Gasteiger partial charge on any atom is -0.0651 e. The molecule has 0 aromatic rings. The summed E-state index contributed by atoms with van der Waals surface area (Å²) in [6.45, 7) is 7.00. The zero-order chi connectivity index (χ0) is 7.61. The molecule has 1 fully saturated rings. The molecule has 0 heteroatoms. The predicted molar refractivity (Wildman–Crippen MR) is 46.0 cm³/mol. The number of hydrogen-bond acceptors (Lipinski definition) is 0. The topological polar surface area (TPSA) is 0 Å². The first-order valence-corrected chi connectivity index (χ1v) is 4.76. The summed E-state index contributed by atoms with van der Waals surface area (Å²) in [5, 5.41) is 0. The highest BCUT2D eigenvalue weighted by Crippen LogP contribution is 2.51. The molecule has 0 bridgehead atoms. The lowest BCUT2D eigenvalue weighted by atomic mass is 9.58. The van der Waals surface area contributed by atoms with Crippen LogP contribution in [0.5, 0.6) is 0 Å². The second-order valence-corrected chi connectivity index (χ2v) is 3.89. The summed E-state index contributed by atoms with van der Waals surface area (Å²) in [6, 6.07) is 0. The van der Waals surface area contributed by atoms with Gasteiger partial charge in [0, 0.05) is 0 Å². The van der Waals surface area contributed by atoms with Crippen LogP contribution in [0.2, 0.25) is 0 Å². The van der Waals surface area contributed by atoms with Crippen LogP contribution in [-0.4, -0.2) is 0 Å². The Balaban J connectivity index is 2.31. The molecule has 0 heterocycles. The van der Waals surface area contributed by atoms with E-state index in [4.69, 9.17) is 0 Å². The molecule has 0 radical (unpaired) electrons. The van der Waals surface area contributed by atoms with Gasteiger partial charge in [-0.05, 0) is 24.2 Å². The van der Waals surface area contributed by atoms with Crippen LogP contribution in [0.1, 0.15) is 52.9 Å². The molecule has 0 spiro atoms. The van der Waals surface area contributed by atoms with Gasteiger partial charge in [-0.1, -0.05) is 40.0 Å². The van der Waals surface area contributed by atoms with Crippen molar-refractivity contribution in [2.45, 2.75) is 52.9 Å². The molecule has 10 heavy (non-hydrogen) atoms. The Morgan fingerprint density at radius 2 is 1.60 bits per heavy atom. The van der Waals surface area contributed by atoms with E-state index in [1.165, 1.54) is 32.1 Å². The second kappa shape index (κ2) is 2.94. The van der Waals surface area contributed by atoms with E-state index >= 15 is 0 Å². The number of rotatable bonds is 3. The van der Waals surface area contributed by atoms with Gasteiger partial charge in [0.2, 0.25) is 0 Å². The molecule has 0 unspecified atom stereocenters. The van der Waals surface area contributed by atoms with Crippen molar-refractivity contribution in [1.82, 2.24) is 0 Å². The highest BCUT2D eigenvalue weighted by molar-refractivity contribution is 4.90. The van der Waals surface area contributed by atoms with Crippen molar-refractivity contribution in [1.29, 1.82) is 0 Å². The Hall–Kier alpha value is 0. The number of hydrogen-bond donors (Lipinski definition) is 0. The predicted octanol–water partition coefficient (Wildman–Crippen LogP) is 3.61. The first kappa shape index (κ1) is 8.10. The van der Waals surface area contributed by atoms with Crippen molar-refractivity contribution in [3.8, 4) is 0 Å². The minimum atomic E-state index is 0.778. The maximum Gasteiger partial charge on any atom is -0.0297 e. The molecule has 0 amide bonds. The van der Waals surface area contributed by atoms with Crippen molar-refractivity contribution in [2.75, 3.05) is 0 Å². The Morgan fingerprint density at radius 3 is 1.90 bits per heavy atom. The third-order valence-electron chi connectivity index (χ3n) is 3.52. The van der Waals surface area contributed by atoms with Crippen LogP contribution >= 0.6 is 0 Å². The molecule has 0 N–H and O–H groups in total. The SMILES string of the molecule is CCC1CC(CC)(CC)C1. The monoisotopic (exact) mass is 140 g/mol. The first-order valence-electron chi connectivity index (χ1n) is 4.76. The fourth-order valence-electron chi connectivity index (χ4n) is 2.28. The average molecular weight is 140 g/mol. The summed E-state index contributed by atoms with van der Waals surface area (Å²) in [4.78, 5) is 0. The largest absolute Gasteiger partial charge is 0.0651 e. The standard InChI is InChI=1S/C10H20/c1-4-9-7-10(5-2,6-3)8-9/h9H,4-8H2,1-3H3. The Morgan fingerprint density at radius 1 is 1.10 bits per heavy atom. The summed E-state index contributed by atoms with van der Waals surface area (Å²) in [6.07, 6.45) is 7.23. The van der Waals surface area contributed by atoms with Gasteiger partial charge in [-0.2, -0.15) is 0 Å². The lowest BCUT2D eigenvalue weighted by Crippen LogP contribution is -2.35. The van der Waals surface area contributed by atoms with Crippen LogP contribution in [0, 0.1) is 11.3 Å². The maximum absolute atomic E-state index is 2.34. The van der Waals surface area contributed by atoms with Gasteiger partial charge >= 0.3 is 0 Å². The second-order valence-electron chi connectivity index (χ2n) is 3.89. The van der Waals surface area contributed by atoms with E-state index in [2.05, 4.69) is 20.8 Å². The van der Waals surface area contributed by atoms with Crippen molar-refractivity contribution in [2.24, 2.45) is 11.3 Å². The zero-order valence-electron chi connectivity index (χ0n) is 7.61. The van der Waals surface area contributed by atoms with Crippen molar-refractivity contribution in [3.63, 3.8) is 0 Å². The fourth-order valence-corrected chi connectivity index (χ4v) is 2.28. The molecular weight excluding hydrogens is 120 g/mol. The molecule has 1 saturated carbocycles. The minimum absolute atomic E-state index is 0.778. The van der Waals surface area contributed by atoms with Gasteiger partial charge in [0.25, 0.3) is 0 Å². The molecule has 1 rings (SSSR count). The van der Waals surface area contributed by atoms with Gasteiger partial charge in [0.05, 0.1) is 0 Å². The van der Waals surface area contributed by atoms with Gasteiger partial charge in [0.1, 0.15) is 0 Å². The van der Waals surface area contributed by atoms with E-state index in [0.29, 0.717) is 0 Å². The van der Waals surface area contributed by atoms with E-state index in [1.807, 2.05) is 0 Å². The highest BCUT2D eigenvalue weighted by Gasteiger charge is 2.39. The third-order valence-corrected chi connectivity index (χ3v) is 3.52. The average Bonchev–Trinajstić information content (AvgIpc) is 1.89. The molecule has 1 aliphatic carbocycles. The summed E-state index contributed by atoms with van der Waals surface area (Å²) < 4.78 is 0.